The molecule has 2 unspecified atom stereocenters. The lowest BCUT2D eigenvalue weighted by Crippen LogP contribution is -2.57. The Bertz CT molecular complexity index is 1300. The third kappa shape index (κ3) is 18.2. The van der Waals surface area contributed by atoms with Crippen molar-refractivity contribution in [3.63, 3.8) is 0 Å². The van der Waals surface area contributed by atoms with Crippen LogP contribution in [0.3, 0.4) is 0 Å². The van der Waals surface area contributed by atoms with Crippen LogP contribution in [0, 0.1) is 0 Å². The highest BCUT2D eigenvalue weighted by Crippen LogP contribution is 2.43. The van der Waals surface area contributed by atoms with E-state index in [0.29, 0.717) is 0 Å². The van der Waals surface area contributed by atoms with Crippen molar-refractivity contribution in [2.75, 3.05) is 65.7 Å². The number of piperazine rings is 2. The van der Waals surface area contributed by atoms with E-state index in [-0.39, 0.29) is 52.1 Å². The van der Waals surface area contributed by atoms with Gasteiger partial charge < -0.3 is 50.3 Å². The first-order chi connectivity index (χ1) is 24.2. The zero-order valence-electron chi connectivity index (χ0n) is 29.1. The Morgan fingerprint density at radius 2 is 1.10 bits per heavy atom. The van der Waals surface area contributed by atoms with Crippen LogP contribution >= 0.6 is 15.6 Å². The summed E-state index contributed by atoms with van der Waals surface area (Å²) in [4.78, 5) is 105. The molecule has 2 aliphatic rings. The number of phosphoric acid groups is 2. The Labute approximate surface area is 298 Å². The molecule has 6 atom stereocenters. The second kappa shape index (κ2) is 21.1. The molecule has 2 aliphatic heterocycles. The molecule has 0 saturated carbocycles. The van der Waals surface area contributed by atoms with E-state index < -0.39 is 108 Å². The molecular formula is C27H46N6O17P2. The normalized spacial score (nSPS) is 21.0. The Kier molecular flexibility index (Phi) is 18.1. The number of carbonyl (C=O) groups excluding carboxylic acids is 7. The average molecular weight is 789 g/mol. The fraction of sp³-hybridized carbons (Fsp3) is 0.741. The molecule has 0 aromatic heterocycles. The standard InChI is InChI=1S/C27H46N6O17P2/c1-17(49-19(3)34)9-25(38)32-11-21(30-23(36)13-32)15-47-51(41,42)45-7-5-28-27(40)29-6-8-46-52(43,44)48-16-22-12-33(14-24(37)31-22)26(39)10-18(2)50-20(4)35/h17-18,21-22H,5-16H2,1-4H3,(H,30,36)(H,31,37)(H,41,42)(H,43,44)(H2,28,29,40)/t17-,18-,21-,22-/m1/s1. The lowest BCUT2D eigenvalue weighted by molar-refractivity contribution is -0.151. The van der Waals surface area contributed by atoms with Crippen molar-refractivity contribution < 1.29 is 80.0 Å². The molecule has 296 valence electrons. The van der Waals surface area contributed by atoms with Crippen molar-refractivity contribution >= 4 is 57.2 Å². The van der Waals surface area contributed by atoms with Gasteiger partial charge in [-0.2, -0.15) is 0 Å². The fourth-order valence-corrected chi connectivity index (χ4v) is 6.30. The number of esters is 2. The van der Waals surface area contributed by atoms with Crippen molar-refractivity contribution in [1.29, 1.82) is 0 Å². The predicted octanol–water partition coefficient (Wildman–Crippen LogP) is -2.11. The maximum atomic E-state index is 12.5. The summed E-state index contributed by atoms with van der Waals surface area (Å²) in [6.07, 6.45) is -1.76. The van der Waals surface area contributed by atoms with Crippen molar-refractivity contribution in [2.24, 2.45) is 0 Å². The van der Waals surface area contributed by atoms with E-state index in [9.17, 15) is 52.5 Å². The molecule has 2 fully saturated rings. The van der Waals surface area contributed by atoms with Crippen LogP contribution in [0.1, 0.15) is 40.5 Å². The van der Waals surface area contributed by atoms with Gasteiger partial charge >= 0.3 is 33.6 Å². The average Bonchev–Trinajstić information content (AvgIpc) is 3.02. The highest BCUT2D eigenvalue weighted by molar-refractivity contribution is 7.47. The number of nitrogens with zero attached hydrogens (tertiary/aromatic N) is 2. The van der Waals surface area contributed by atoms with Gasteiger partial charge in [0.25, 0.3) is 0 Å². The summed E-state index contributed by atoms with van der Waals surface area (Å²) < 4.78 is 53.7. The summed E-state index contributed by atoms with van der Waals surface area (Å²) in [5, 5.41) is 9.66. The summed E-state index contributed by atoms with van der Waals surface area (Å²) in [6.45, 7) is 2.40. The van der Waals surface area contributed by atoms with Gasteiger partial charge in [0, 0.05) is 40.0 Å². The second-order valence-corrected chi connectivity index (χ2v) is 14.6. The molecule has 0 aromatic carbocycles. The van der Waals surface area contributed by atoms with E-state index >= 15 is 0 Å². The SMILES string of the molecule is CC(=O)O[C@H](C)CC(=O)N1CC(=O)N[C@@H](COP(=O)(O)OCCNC(=O)NCCOP(=O)(O)OC[C@H]2CN(C(=O)C[C@@H](C)OC(C)=O)CC(=O)N2)C1. The molecular weight excluding hydrogens is 742 g/mol. The van der Waals surface area contributed by atoms with Crippen LogP contribution in [0.2, 0.25) is 0 Å². The Hall–Kier alpha value is -3.69. The molecule has 2 heterocycles. The van der Waals surface area contributed by atoms with Gasteiger partial charge in [0.1, 0.15) is 12.2 Å². The van der Waals surface area contributed by atoms with E-state index in [0.717, 1.165) is 0 Å². The lowest BCUT2D eigenvalue weighted by Gasteiger charge is -2.33. The number of nitrogens with one attached hydrogen (secondary N) is 4. The minimum Gasteiger partial charge on any atom is -0.462 e. The summed E-state index contributed by atoms with van der Waals surface area (Å²) in [5.74, 6) is -3.12. The first-order valence-electron chi connectivity index (χ1n) is 16.0. The molecule has 0 aromatic rings. The highest BCUT2D eigenvalue weighted by atomic mass is 31.2. The van der Waals surface area contributed by atoms with Gasteiger partial charge in [-0.1, -0.05) is 0 Å². The molecule has 6 N–H and O–H groups in total. The summed E-state index contributed by atoms with van der Waals surface area (Å²) in [5.41, 5.74) is 0. The van der Waals surface area contributed by atoms with Gasteiger partial charge in [-0.15, -0.1) is 0 Å². The predicted molar refractivity (Wildman–Crippen MR) is 174 cm³/mol. The first kappa shape index (κ1) is 44.5. The quantitative estimate of drug-likeness (QED) is 0.0437. The number of ether oxygens (including phenoxy) is 2. The van der Waals surface area contributed by atoms with Crippen LogP contribution in [0.5, 0.6) is 0 Å². The molecule has 0 radical (unpaired) electrons. The molecule has 2 saturated heterocycles. The van der Waals surface area contributed by atoms with E-state index in [4.69, 9.17) is 27.6 Å². The number of phosphoric ester groups is 2. The third-order valence-corrected chi connectivity index (χ3v) is 8.77. The molecule has 52 heavy (non-hydrogen) atoms. The Balaban J connectivity index is 1.62. The number of carbonyl (C=O) groups is 7. The number of urea groups is 1. The van der Waals surface area contributed by atoms with Gasteiger partial charge in [0.05, 0.1) is 64.4 Å². The zero-order chi connectivity index (χ0) is 39.1. The first-order valence-corrected chi connectivity index (χ1v) is 19.0. The molecule has 0 aliphatic carbocycles. The highest BCUT2D eigenvalue weighted by Gasteiger charge is 2.33. The van der Waals surface area contributed by atoms with Crippen molar-refractivity contribution in [1.82, 2.24) is 31.1 Å². The van der Waals surface area contributed by atoms with E-state index in [1.807, 2.05) is 0 Å². The molecule has 6 amide bonds. The largest absolute Gasteiger partial charge is 0.472 e. The fourth-order valence-electron chi connectivity index (χ4n) is 4.77. The van der Waals surface area contributed by atoms with Crippen LogP contribution in [0.15, 0.2) is 0 Å². The van der Waals surface area contributed by atoms with Crippen LogP contribution in [-0.4, -0.2) is 151 Å². The van der Waals surface area contributed by atoms with E-state index in [1.54, 1.807) is 0 Å². The topological polar surface area (TPSA) is 304 Å². The summed E-state index contributed by atoms with van der Waals surface area (Å²) in [7, 11) is -9.28. The van der Waals surface area contributed by atoms with Gasteiger partial charge in [0.2, 0.25) is 23.6 Å². The zero-order valence-corrected chi connectivity index (χ0v) is 30.9. The third-order valence-electron chi connectivity index (χ3n) is 6.81. The lowest BCUT2D eigenvalue weighted by atomic mass is 10.2. The number of hydrogen-bond donors (Lipinski definition) is 6. The van der Waals surface area contributed by atoms with Crippen LogP contribution in [0.25, 0.3) is 0 Å². The van der Waals surface area contributed by atoms with Gasteiger partial charge in [0.15, 0.2) is 0 Å². The minimum absolute atomic E-state index is 0.0406. The van der Waals surface area contributed by atoms with Crippen LogP contribution < -0.4 is 21.3 Å². The van der Waals surface area contributed by atoms with Crippen molar-refractivity contribution in [3.05, 3.63) is 0 Å². The second-order valence-electron chi connectivity index (χ2n) is 11.7. The smallest absolute Gasteiger partial charge is 0.462 e. The van der Waals surface area contributed by atoms with Crippen molar-refractivity contribution in [3.8, 4) is 0 Å². The molecule has 23 nitrogen and oxygen atoms in total. The van der Waals surface area contributed by atoms with Gasteiger partial charge in [-0.3, -0.25) is 46.9 Å². The number of rotatable bonds is 20. The molecule has 2 rings (SSSR count). The maximum absolute atomic E-state index is 12.5. The number of hydrogen-bond acceptors (Lipinski definition) is 15. The van der Waals surface area contributed by atoms with Crippen LogP contribution in [0.4, 0.5) is 4.79 Å². The summed E-state index contributed by atoms with van der Waals surface area (Å²) in [6, 6.07) is -2.47. The van der Waals surface area contributed by atoms with Crippen LogP contribution in [-0.2, 0) is 65.5 Å². The monoisotopic (exact) mass is 788 g/mol. The van der Waals surface area contributed by atoms with Crippen molar-refractivity contribution in [2.45, 2.75) is 64.8 Å². The van der Waals surface area contributed by atoms with E-state index in [1.165, 1.54) is 37.5 Å². The molecule has 0 spiro atoms. The maximum Gasteiger partial charge on any atom is 0.472 e. The Morgan fingerprint density at radius 1 is 0.731 bits per heavy atom. The molecule has 0 bridgehead atoms. The van der Waals surface area contributed by atoms with Gasteiger partial charge in [-0.25, -0.2) is 13.9 Å². The van der Waals surface area contributed by atoms with Gasteiger partial charge in [-0.05, 0) is 13.8 Å². The number of amides is 6. The van der Waals surface area contributed by atoms with E-state index in [2.05, 4.69) is 21.3 Å². The minimum atomic E-state index is -4.64. The summed E-state index contributed by atoms with van der Waals surface area (Å²) >= 11 is 0. The molecule has 25 heteroatoms. The Morgan fingerprint density at radius 3 is 1.44 bits per heavy atom.